The maximum Gasteiger partial charge on any atom is 0.242 e. The van der Waals surface area contributed by atoms with Crippen molar-refractivity contribution in [2.45, 2.75) is 57.0 Å². The van der Waals surface area contributed by atoms with Gasteiger partial charge in [0.25, 0.3) is 0 Å². The summed E-state index contributed by atoms with van der Waals surface area (Å²) in [7, 11) is -3.43. The number of hydrogen-bond donors (Lipinski definition) is 2. The molecule has 0 saturated heterocycles. The fraction of sp³-hybridized carbons (Fsp3) is 0.692. The Bertz CT molecular complexity index is 537. The molecule has 1 saturated carbocycles. The molecule has 108 valence electrons. The lowest BCUT2D eigenvalue weighted by Gasteiger charge is -2.27. The number of sulfonamides is 1. The third kappa shape index (κ3) is 3.37. The van der Waals surface area contributed by atoms with Gasteiger partial charge in [-0.05, 0) is 36.6 Å². The molecule has 6 heteroatoms. The predicted octanol–water partition coefficient (Wildman–Crippen LogP) is 2.37. The zero-order valence-corrected chi connectivity index (χ0v) is 13.1. The van der Waals surface area contributed by atoms with Crippen molar-refractivity contribution in [2.24, 2.45) is 11.7 Å². The lowest BCUT2D eigenvalue weighted by molar-refractivity contribution is 0.327. The number of nitrogens with two attached hydrogens (primary N) is 1. The predicted molar refractivity (Wildman–Crippen MR) is 78.7 cm³/mol. The van der Waals surface area contributed by atoms with Crippen LogP contribution in [0.15, 0.2) is 10.3 Å². The Morgan fingerprint density at radius 3 is 2.84 bits per heavy atom. The quantitative estimate of drug-likeness (QED) is 0.897. The number of nitrogens with one attached hydrogen (secondary N) is 1. The topological polar surface area (TPSA) is 72.2 Å². The Hall–Kier alpha value is -0.430. The minimum Gasteiger partial charge on any atom is -0.326 e. The number of thiophene rings is 1. The Morgan fingerprint density at radius 1 is 1.47 bits per heavy atom. The molecule has 1 aliphatic carbocycles. The van der Waals surface area contributed by atoms with Crippen LogP contribution in [0.5, 0.6) is 0 Å². The van der Waals surface area contributed by atoms with Gasteiger partial charge >= 0.3 is 0 Å². The summed E-state index contributed by atoms with van der Waals surface area (Å²) in [5.74, 6) is 0.596. The maximum absolute atomic E-state index is 12.5. The average molecular weight is 302 g/mol. The van der Waals surface area contributed by atoms with E-state index in [0.717, 1.165) is 29.7 Å². The van der Waals surface area contributed by atoms with Gasteiger partial charge in [-0.15, -0.1) is 11.3 Å². The molecular weight excluding hydrogens is 280 g/mol. The second kappa shape index (κ2) is 5.91. The SMILES string of the molecule is Cc1csc(CN)c1S(=O)(=O)NC1CCCC(C)C1. The van der Waals surface area contributed by atoms with Gasteiger partial charge in [0.2, 0.25) is 10.0 Å². The smallest absolute Gasteiger partial charge is 0.242 e. The van der Waals surface area contributed by atoms with Crippen molar-refractivity contribution >= 4 is 21.4 Å². The van der Waals surface area contributed by atoms with E-state index in [2.05, 4.69) is 11.6 Å². The molecule has 0 aromatic carbocycles. The van der Waals surface area contributed by atoms with Gasteiger partial charge < -0.3 is 5.73 Å². The number of aryl methyl sites for hydroxylation is 1. The van der Waals surface area contributed by atoms with Gasteiger partial charge in [0.15, 0.2) is 0 Å². The van der Waals surface area contributed by atoms with E-state index in [0.29, 0.717) is 10.8 Å². The van der Waals surface area contributed by atoms with Gasteiger partial charge in [0, 0.05) is 17.5 Å². The summed E-state index contributed by atoms with van der Waals surface area (Å²) in [4.78, 5) is 1.15. The van der Waals surface area contributed by atoms with Crippen LogP contribution < -0.4 is 10.5 Å². The Morgan fingerprint density at radius 2 is 2.21 bits per heavy atom. The van der Waals surface area contributed by atoms with Crippen LogP contribution in [-0.2, 0) is 16.6 Å². The molecule has 0 amide bonds. The standard InChI is InChI=1S/C13H22N2O2S2/c1-9-4-3-5-11(6-9)15-19(16,17)13-10(2)8-18-12(13)7-14/h8-9,11,15H,3-7,14H2,1-2H3. The van der Waals surface area contributed by atoms with Crippen LogP contribution in [0.3, 0.4) is 0 Å². The first kappa shape index (κ1) is 15.0. The molecule has 0 aliphatic heterocycles. The van der Waals surface area contributed by atoms with Crippen LogP contribution in [0.2, 0.25) is 0 Å². The van der Waals surface area contributed by atoms with E-state index in [1.54, 1.807) is 0 Å². The van der Waals surface area contributed by atoms with Crippen LogP contribution in [0.1, 0.15) is 43.0 Å². The highest BCUT2D eigenvalue weighted by Crippen LogP contribution is 2.29. The summed E-state index contributed by atoms with van der Waals surface area (Å²) < 4.78 is 27.9. The third-order valence-electron chi connectivity index (χ3n) is 3.70. The lowest BCUT2D eigenvalue weighted by atomic mass is 9.88. The van der Waals surface area contributed by atoms with Crippen molar-refractivity contribution < 1.29 is 8.42 Å². The van der Waals surface area contributed by atoms with Gasteiger partial charge in [-0.2, -0.15) is 0 Å². The van der Waals surface area contributed by atoms with Crippen LogP contribution in [0.4, 0.5) is 0 Å². The van der Waals surface area contributed by atoms with Gasteiger partial charge in [-0.3, -0.25) is 0 Å². The van der Waals surface area contributed by atoms with Crippen molar-refractivity contribution in [1.82, 2.24) is 4.72 Å². The summed E-state index contributed by atoms with van der Waals surface area (Å²) in [6, 6.07) is 0.0682. The minimum atomic E-state index is -3.43. The number of hydrogen-bond acceptors (Lipinski definition) is 4. The molecule has 19 heavy (non-hydrogen) atoms. The summed E-state index contributed by atoms with van der Waals surface area (Å²) in [5.41, 5.74) is 6.43. The molecule has 2 rings (SSSR count). The Labute approximate surface area is 119 Å². The molecule has 1 aliphatic rings. The van der Waals surface area contributed by atoms with Crippen molar-refractivity contribution in [3.63, 3.8) is 0 Å². The normalized spacial score (nSPS) is 24.6. The Balaban J connectivity index is 2.20. The van der Waals surface area contributed by atoms with Crippen molar-refractivity contribution in [2.75, 3.05) is 0 Å². The van der Waals surface area contributed by atoms with E-state index >= 15 is 0 Å². The third-order valence-corrected chi connectivity index (χ3v) is 6.71. The molecule has 2 unspecified atom stereocenters. The summed E-state index contributed by atoms with van der Waals surface area (Å²) in [5, 5.41) is 1.86. The van der Waals surface area contributed by atoms with Crippen LogP contribution in [0.25, 0.3) is 0 Å². The summed E-state index contributed by atoms with van der Waals surface area (Å²) >= 11 is 1.42. The average Bonchev–Trinajstić information content (AvgIpc) is 2.70. The molecule has 1 aromatic heterocycles. The summed E-state index contributed by atoms with van der Waals surface area (Å²) in [6.07, 6.45) is 4.16. The van der Waals surface area contributed by atoms with E-state index < -0.39 is 10.0 Å². The van der Waals surface area contributed by atoms with Crippen LogP contribution in [0, 0.1) is 12.8 Å². The van der Waals surface area contributed by atoms with Crippen molar-refractivity contribution in [1.29, 1.82) is 0 Å². The van der Waals surface area contributed by atoms with E-state index in [4.69, 9.17) is 5.73 Å². The highest BCUT2D eigenvalue weighted by atomic mass is 32.2. The zero-order chi connectivity index (χ0) is 14.0. The molecular formula is C13H22N2O2S2. The van der Waals surface area contributed by atoms with Gasteiger partial charge in [0.05, 0.1) is 0 Å². The molecule has 2 atom stereocenters. The Kier molecular flexibility index (Phi) is 4.66. The van der Waals surface area contributed by atoms with E-state index in [1.165, 1.54) is 17.8 Å². The van der Waals surface area contributed by atoms with Crippen molar-refractivity contribution in [3.8, 4) is 0 Å². The zero-order valence-electron chi connectivity index (χ0n) is 11.5. The molecule has 1 aromatic rings. The van der Waals surface area contributed by atoms with E-state index in [9.17, 15) is 8.42 Å². The van der Waals surface area contributed by atoms with Gasteiger partial charge in [-0.1, -0.05) is 19.8 Å². The first-order valence-electron chi connectivity index (χ1n) is 6.73. The van der Waals surface area contributed by atoms with Crippen molar-refractivity contribution in [3.05, 3.63) is 15.8 Å². The van der Waals surface area contributed by atoms with E-state index in [1.807, 2.05) is 12.3 Å². The highest BCUT2D eigenvalue weighted by Gasteiger charge is 2.27. The molecule has 3 N–H and O–H groups in total. The van der Waals surface area contributed by atoms with E-state index in [-0.39, 0.29) is 12.6 Å². The summed E-state index contributed by atoms with van der Waals surface area (Å²) in [6.45, 7) is 4.28. The molecule has 0 radical (unpaired) electrons. The van der Waals surface area contributed by atoms with Crippen LogP contribution >= 0.6 is 11.3 Å². The molecule has 1 fully saturated rings. The molecule has 1 heterocycles. The monoisotopic (exact) mass is 302 g/mol. The first-order valence-corrected chi connectivity index (χ1v) is 9.09. The highest BCUT2D eigenvalue weighted by molar-refractivity contribution is 7.89. The first-order chi connectivity index (χ1) is 8.94. The van der Waals surface area contributed by atoms with Crippen LogP contribution in [-0.4, -0.2) is 14.5 Å². The molecule has 4 nitrogen and oxygen atoms in total. The maximum atomic E-state index is 12.5. The molecule has 0 bridgehead atoms. The lowest BCUT2D eigenvalue weighted by Crippen LogP contribution is -2.38. The second-order valence-corrected chi connectivity index (χ2v) is 8.08. The largest absolute Gasteiger partial charge is 0.326 e. The fourth-order valence-corrected chi connectivity index (χ4v) is 5.79. The molecule has 0 spiro atoms. The number of rotatable bonds is 4. The second-order valence-electron chi connectivity index (χ2n) is 5.47. The van der Waals surface area contributed by atoms with Gasteiger partial charge in [0.1, 0.15) is 4.90 Å². The fourth-order valence-electron chi connectivity index (χ4n) is 2.81. The van der Waals surface area contributed by atoms with Gasteiger partial charge in [-0.25, -0.2) is 13.1 Å². The minimum absolute atomic E-state index is 0.0682.